The number of hydrogen-bond acceptors (Lipinski definition) is 6. The monoisotopic (exact) mass is 498 g/mol. The van der Waals surface area contributed by atoms with Crippen LogP contribution in [0.3, 0.4) is 0 Å². The Balaban J connectivity index is 1.58. The van der Waals surface area contributed by atoms with Crippen molar-refractivity contribution in [2.45, 2.75) is 16.8 Å². The third-order valence-electron chi connectivity index (χ3n) is 4.57. The number of benzene rings is 3. The summed E-state index contributed by atoms with van der Waals surface area (Å²) in [6, 6.07) is 20.4. The van der Waals surface area contributed by atoms with E-state index in [2.05, 4.69) is 20.0 Å². The van der Waals surface area contributed by atoms with Crippen molar-refractivity contribution in [3.8, 4) is 0 Å². The van der Waals surface area contributed by atoms with Gasteiger partial charge in [-0.3, -0.25) is 9.52 Å². The van der Waals surface area contributed by atoms with Gasteiger partial charge in [0.1, 0.15) is 5.03 Å². The van der Waals surface area contributed by atoms with E-state index in [4.69, 9.17) is 11.6 Å². The van der Waals surface area contributed by atoms with Crippen molar-refractivity contribution in [1.29, 1.82) is 0 Å². The zero-order chi connectivity index (χ0) is 23.4. The number of carbonyl (C=O) groups excluding carboxylic acids is 1. The van der Waals surface area contributed by atoms with Gasteiger partial charge in [0.2, 0.25) is 5.91 Å². The highest BCUT2D eigenvalue weighted by atomic mass is 35.5. The summed E-state index contributed by atoms with van der Waals surface area (Å²) in [6.45, 7) is 1.96. The van der Waals surface area contributed by atoms with Crippen LogP contribution >= 0.6 is 23.4 Å². The number of nitrogens with one attached hydrogen (secondary N) is 2. The number of rotatable bonds is 7. The molecule has 1 amide bonds. The molecule has 0 saturated heterocycles. The minimum atomic E-state index is -3.94. The minimum absolute atomic E-state index is 0.0244. The van der Waals surface area contributed by atoms with Gasteiger partial charge in [0.05, 0.1) is 21.7 Å². The molecule has 1 heterocycles. The molecule has 0 fully saturated rings. The Kier molecular flexibility index (Phi) is 6.83. The number of hydrogen-bond donors (Lipinski definition) is 2. The molecule has 0 radical (unpaired) electrons. The van der Waals surface area contributed by atoms with E-state index in [1.165, 1.54) is 24.3 Å². The van der Waals surface area contributed by atoms with E-state index in [1.54, 1.807) is 18.2 Å². The molecule has 0 saturated carbocycles. The number of nitrogens with zero attached hydrogens (tertiary/aromatic N) is 2. The molecular formula is C23H19ClN4O3S2. The van der Waals surface area contributed by atoms with Crippen LogP contribution in [-0.4, -0.2) is 30.0 Å². The SMILES string of the molecule is Cc1ccc(NC(=O)CSc2nc3ccccc3nc2NS(=O)(=O)c2ccc(Cl)cc2)cc1. The van der Waals surface area contributed by atoms with Crippen molar-refractivity contribution in [3.63, 3.8) is 0 Å². The molecule has 0 spiro atoms. The Hall–Kier alpha value is -3.14. The largest absolute Gasteiger partial charge is 0.325 e. The standard InChI is InChI=1S/C23H19ClN4O3S2/c1-15-6-10-17(11-7-15)25-21(29)14-32-23-22(26-19-4-2-3-5-20(19)27-23)28-33(30,31)18-12-8-16(24)9-13-18/h2-13H,14H2,1H3,(H,25,29)(H,26,28). The summed E-state index contributed by atoms with van der Waals surface area (Å²) in [7, 11) is -3.94. The molecule has 0 bridgehead atoms. The van der Waals surface area contributed by atoms with Gasteiger partial charge in [0, 0.05) is 10.7 Å². The summed E-state index contributed by atoms with van der Waals surface area (Å²) in [4.78, 5) is 21.5. The Morgan fingerprint density at radius 1 is 0.939 bits per heavy atom. The number of fused-ring (bicyclic) bond motifs is 1. The van der Waals surface area contributed by atoms with Crippen LogP contribution in [0.4, 0.5) is 11.5 Å². The lowest BCUT2D eigenvalue weighted by Gasteiger charge is -2.12. The number of halogens is 1. The second-order valence-corrected chi connectivity index (χ2v) is 10.2. The maximum absolute atomic E-state index is 12.9. The number of carbonyl (C=O) groups is 1. The Morgan fingerprint density at radius 3 is 2.24 bits per heavy atom. The average Bonchev–Trinajstić information content (AvgIpc) is 2.79. The highest BCUT2D eigenvalue weighted by molar-refractivity contribution is 8.00. The van der Waals surface area contributed by atoms with Crippen molar-refractivity contribution in [1.82, 2.24) is 9.97 Å². The number of sulfonamides is 1. The van der Waals surface area contributed by atoms with Crippen molar-refractivity contribution in [2.24, 2.45) is 0 Å². The van der Waals surface area contributed by atoms with Crippen LogP contribution in [0.25, 0.3) is 11.0 Å². The van der Waals surface area contributed by atoms with Crippen molar-refractivity contribution < 1.29 is 13.2 Å². The Labute approximate surface area is 200 Å². The molecule has 3 aromatic carbocycles. The molecule has 1 aromatic heterocycles. The van der Waals surface area contributed by atoms with Gasteiger partial charge in [0.15, 0.2) is 5.82 Å². The predicted molar refractivity (Wildman–Crippen MR) is 132 cm³/mol. The van der Waals surface area contributed by atoms with E-state index in [9.17, 15) is 13.2 Å². The first-order chi connectivity index (χ1) is 15.8. The summed E-state index contributed by atoms with van der Waals surface area (Å²) in [6.07, 6.45) is 0. The van der Waals surface area contributed by atoms with E-state index in [-0.39, 0.29) is 22.4 Å². The highest BCUT2D eigenvalue weighted by Gasteiger charge is 2.20. The third-order valence-corrected chi connectivity index (χ3v) is 7.14. The van der Waals surface area contributed by atoms with Gasteiger partial charge in [0.25, 0.3) is 10.0 Å². The zero-order valence-electron chi connectivity index (χ0n) is 17.4. The first kappa shape index (κ1) is 23.0. The molecule has 33 heavy (non-hydrogen) atoms. The Morgan fingerprint density at radius 2 is 1.58 bits per heavy atom. The molecule has 0 aliphatic rings. The van der Waals surface area contributed by atoms with Gasteiger partial charge in [-0.15, -0.1) is 0 Å². The van der Waals surface area contributed by atoms with Crippen LogP contribution in [-0.2, 0) is 14.8 Å². The molecule has 0 aliphatic carbocycles. The fraction of sp³-hybridized carbons (Fsp3) is 0.0870. The van der Waals surface area contributed by atoms with Crippen LogP contribution in [0, 0.1) is 6.92 Å². The van der Waals surface area contributed by atoms with E-state index in [0.717, 1.165) is 17.3 Å². The first-order valence-corrected chi connectivity index (χ1v) is 12.7. The van der Waals surface area contributed by atoms with Crippen molar-refractivity contribution >= 4 is 61.8 Å². The number of amides is 1. The average molecular weight is 499 g/mol. The van der Waals surface area contributed by atoms with E-state index in [1.807, 2.05) is 37.3 Å². The fourth-order valence-electron chi connectivity index (χ4n) is 2.92. The molecule has 0 atom stereocenters. The van der Waals surface area contributed by atoms with E-state index in [0.29, 0.717) is 26.8 Å². The lowest BCUT2D eigenvalue weighted by Crippen LogP contribution is -2.17. The molecule has 10 heteroatoms. The smallest absolute Gasteiger partial charge is 0.263 e. The number of para-hydroxylation sites is 2. The lowest BCUT2D eigenvalue weighted by atomic mass is 10.2. The van der Waals surface area contributed by atoms with Crippen LogP contribution < -0.4 is 10.0 Å². The van der Waals surface area contributed by atoms with E-state index < -0.39 is 10.0 Å². The maximum atomic E-state index is 12.9. The number of anilines is 2. The quantitative estimate of drug-likeness (QED) is 0.343. The van der Waals surface area contributed by atoms with Crippen LogP contribution in [0.2, 0.25) is 5.02 Å². The summed E-state index contributed by atoms with van der Waals surface area (Å²) in [5, 5.41) is 3.54. The molecule has 0 aliphatic heterocycles. The highest BCUT2D eigenvalue weighted by Crippen LogP contribution is 2.28. The molecular weight excluding hydrogens is 480 g/mol. The van der Waals surface area contributed by atoms with E-state index >= 15 is 0 Å². The second-order valence-electron chi connectivity index (χ2n) is 7.13. The first-order valence-electron chi connectivity index (χ1n) is 9.85. The normalized spacial score (nSPS) is 11.3. The zero-order valence-corrected chi connectivity index (χ0v) is 19.8. The van der Waals surface area contributed by atoms with Gasteiger partial charge in [-0.1, -0.05) is 53.2 Å². The number of thioether (sulfide) groups is 1. The van der Waals surface area contributed by atoms with Crippen LogP contribution in [0.1, 0.15) is 5.56 Å². The van der Waals surface area contributed by atoms with Gasteiger partial charge >= 0.3 is 0 Å². The molecule has 4 aromatic rings. The minimum Gasteiger partial charge on any atom is -0.325 e. The summed E-state index contributed by atoms with van der Waals surface area (Å²) in [5.41, 5.74) is 2.89. The van der Waals surface area contributed by atoms with Crippen LogP contribution in [0.5, 0.6) is 0 Å². The molecule has 4 rings (SSSR count). The van der Waals surface area contributed by atoms with Crippen LogP contribution in [0.15, 0.2) is 82.7 Å². The molecule has 0 unspecified atom stereocenters. The lowest BCUT2D eigenvalue weighted by molar-refractivity contribution is -0.113. The summed E-state index contributed by atoms with van der Waals surface area (Å²) >= 11 is 6.97. The maximum Gasteiger partial charge on any atom is 0.263 e. The van der Waals surface area contributed by atoms with Crippen molar-refractivity contribution in [2.75, 3.05) is 15.8 Å². The Bertz CT molecular complexity index is 1410. The molecule has 7 nitrogen and oxygen atoms in total. The number of aromatic nitrogens is 2. The predicted octanol–water partition coefficient (Wildman–Crippen LogP) is 5.12. The third kappa shape index (κ3) is 5.81. The molecule has 2 N–H and O–H groups in total. The van der Waals surface area contributed by atoms with Gasteiger partial charge in [-0.2, -0.15) is 0 Å². The fourth-order valence-corrected chi connectivity index (χ4v) is 4.85. The molecule has 168 valence electrons. The summed E-state index contributed by atoms with van der Waals surface area (Å²) in [5.74, 6) is -0.168. The second kappa shape index (κ2) is 9.78. The van der Waals surface area contributed by atoms with Gasteiger partial charge in [-0.05, 0) is 55.5 Å². The summed E-state index contributed by atoms with van der Waals surface area (Å²) < 4.78 is 28.3. The van der Waals surface area contributed by atoms with Gasteiger partial charge in [-0.25, -0.2) is 18.4 Å². The number of aryl methyl sites for hydroxylation is 1. The van der Waals surface area contributed by atoms with Crippen molar-refractivity contribution in [3.05, 3.63) is 83.4 Å². The van der Waals surface area contributed by atoms with Gasteiger partial charge < -0.3 is 5.32 Å². The topological polar surface area (TPSA) is 101 Å².